The van der Waals surface area contributed by atoms with Crippen molar-refractivity contribution in [1.29, 1.82) is 0 Å². The molecule has 2 aliphatic heterocycles. The number of likely N-dealkylation sites (tertiary alicyclic amines) is 1. The maximum atomic E-state index is 13.2. The third kappa shape index (κ3) is 5.70. The highest BCUT2D eigenvalue weighted by atomic mass is 32.1. The van der Waals surface area contributed by atoms with Gasteiger partial charge in [-0.2, -0.15) is 0 Å². The van der Waals surface area contributed by atoms with Crippen molar-refractivity contribution in [2.75, 3.05) is 25.2 Å². The normalized spacial score (nSPS) is 15.7. The number of hydrogen-bond donors (Lipinski definition) is 1. The van der Waals surface area contributed by atoms with Crippen LogP contribution in [0.15, 0.2) is 36.4 Å². The van der Waals surface area contributed by atoms with Crippen LogP contribution in [-0.2, 0) is 10.2 Å². The van der Waals surface area contributed by atoms with Crippen molar-refractivity contribution in [1.82, 2.24) is 20.1 Å². The molecule has 198 valence electrons. The lowest BCUT2D eigenvalue weighted by atomic mass is 9.89. The second kappa shape index (κ2) is 10.5. The molecule has 0 aliphatic carbocycles. The van der Waals surface area contributed by atoms with Crippen LogP contribution >= 0.6 is 11.3 Å². The van der Waals surface area contributed by atoms with Crippen LogP contribution in [0.25, 0.3) is 6.08 Å². The van der Waals surface area contributed by atoms with Gasteiger partial charge in [-0.25, -0.2) is 0 Å². The second-order valence-corrected chi connectivity index (χ2v) is 11.5. The Bertz CT molecular complexity index is 1390. The van der Waals surface area contributed by atoms with Gasteiger partial charge in [0.25, 0.3) is 5.91 Å². The minimum absolute atomic E-state index is 0.0396. The molecule has 0 saturated carbocycles. The standard InChI is InChI=1S/C28H31N5O4S/c1-17-5-8-20(25(35)30-27-32-31-26(38-27)28(2,3)4)24(29-17)19-11-13-33(14-12-19)23(34)10-7-18-6-9-21-22(15-18)37-16-36-21/h5-10,15,19H,11-14,16H2,1-4H3,(H,30,32,35)/b10-7+. The van der Waals surface area contributed by atoms with E-state index in [0.717, 1.165) is 34.8 Å². The number of anilines is 1. The fourth-order valence-corrected chi connectivity index (χ4v) is 5.28. The molecule has 1 aromatic carbocycles. The number of amides is 2. The van der Waals surface area contributed by atoms with Crippen LogP contribution in [0.3, 0.4) is 0 Å². The van der Waals surface area contributed by atoms with Gasteiger partial charge in [0.1, 0.15) is 5.01 Å². The highest BCUT2D eigenvalue weighted by Gasteiger charge is 2.28. The van der Waals surface area contributed by atoms with E-state index in [0.29, 0.717) is 35.3 Å². The average molecular weight is 534 g/mol. The highest BCUT2D eigenvalue weighted by Crippen LogP contribution is 2.34. The third-order valence-corrected chi connectivity index (χ3v) is 7.87. The molecule has 1 saturated heterocycles. The molecule has 9 nitrogen and oxygen atoms in total. The number of aromatic nitrogens is 3. The summed E-state index contributed by atoms with van der Waals surface area (Å²) < 4.78 is 10.7. The summed E-state index contributed by atoms with van der Waals surface area (Å²) in [5.41, 5.74) is 2.90. The summed E-state index contributed by atoms with van der Waals surface area (Å²) in [6, 6.07) is 9.27. The fourth-order valence-electron chi connectivity index (χ4n) is 4.48. The zero-order chi connectivity index (χ0) is 26.9. The molecule has 0 atom stereocenters. The third-order valence-electron chi connectivity index (χ3n) is 6.60. The Morgan fingerprint density at radius 1 is 1.08 bits per heavy atom. The quantitative estimate of drug-likeness (QED) is 0.463. The lowest BCUT2D eigenvalue weighted by Gasteiger charge is -2.31. The SMILES string of the molecule is Cc1ccc(C(=O)Nc2nnc(C(C)(C)C)s2)c(C2CCN(C(=O)/C=C/c3ccc4c(c3)OCO4)CC2)n1. The van der Waals surface area contributed by atoms with E-state index in [1.54, 1.807) is 12.2 Å². The van der Waals surface area contributed by atoms with E-state index in [-0.39, 0.29) is 29.9 Å². The number of hydrogen-bond acceptors (Lipinski definition) is 8. The van der Waals surface area contributed by atoms with E-state index in [9.17, 15) is 9.59 Å². The van der Waals surface area contributed by atoms with Gasteiger partial charge in [0.15, 0.2) is 11.5 Å². The molecule has 0 radical (unpaired) electrons. The molecule has 0 bridgehead atoms. The van der Waals surface area contributed by atoms with Crippen LogP contribution < -0.4 is 14.8 Å². The molecular weight excluding hydrogens is 502 g/mol. The van der Waals surface area contributed by atoms with Crippen LogP contribution in [-0.4, -0.2) is 51.8 Å². The summed E-state index contributed by atoms with van der Waals surface area (Å²) in [5, 5.41) is 12.6. The minimum Gasteiger partial charge on any atom is -0.454 e. The van der Waals surface area contributed by atoms with Gasteiger partial charge in [-0.1, -0.05) is 38.2 Å². The Morgan fingerprint density at radius 3 is 2.58 bits per heavy atom. The fraction of sp³-hybridized carbons (Fsp3) is 0.393. The summed E-state index contributed by atoms with van der Waals surface area (Å²) in [6.07, 6.45) is 4.84. The molecule has 38 heavy (non-hydrogen) atoms. The number of carbonyl (C=O) groups excluding carboxylic acids is 2. The Kier molecular flexibility index (Phi) is 7.16. The van der Waals surface area contributed by atoms with E-state index in [2.05, 4.69) is 36.3 Å². The highest BCUT2D eigenvalue weighted by molar-refractivity contribution is 7.15. The van der Waals surface area contributed by atoms with E-state index in [4.69, 9.17) is 14.5 Å². The predicted octanol–water partition coefficient (Wildman–Crippen LogP) is 4.94. The van der Waals surface area contributed by atoms with Crippen molar-refractivity contribution in [3.63, 3.8) is 0 Å². The Labute approximate surface area is 225 Å². The molecule has 1 N–H and O–H groups in total. The summed E-state index contributed by atoms with van der Waals surface area (Å²) in [4.78, 5) is 32.6. The lowest BCUT2D eigenvalue weighted by molar-refractivity contribution is -0.127. The van der Waals surface area contributed by atoms with Gasteiger partial charge >= 0.3 is 0 Å². The number of carbonyl (C=O) groups is 2. The van der Waals surface area contributed by atoms with Crippen molar-refractivity contribution in [3.05, 3.63) is 63.9 Å². The van der Waals surface area contributed by atoms with E-state index in [1.165, 1.54) is 11.3 Å². The first-order chi connectivity index (χ1) is 18.2. The van der Waals surface area contributed by atoms with E-state index >= 15 is 0 Å². The van der Waals surface area contributed by atoms with Gasteiger partial charge in [-0.15, -0.1) is 10.2 Å². The van der Waals surface area contributed by atoms with Crippen LogP contribution in [0.5, 0.6) is 11.5 Å². The topological polar surface area (TPSA) is 107 Å². The van der Waals surface area contributed by atoms with Crippen molar-refractivity contribution in [3.8, 4) is 11.5 Å². The smallest absolute Gasteiger partial charge is 0.259 e. The maximum absolute atomic E-state index is 13.2. The van der Waals surface area contributed by atoms with Crippen molar-refractivity contribution < 1.29 is 19.1 Å². The van der Waals surface area contributed by atoms with Gasteiger partial charge in [-0.05, 0) is 55.7 Å². The van der Waals surface area contributed by atoms with Crippen molar-refractivity contribution >= 4 is 34.4 Å². The Balaban J connectivity index is 1.23. The predicted molar refractivity (Wildman–Crippen MR) is 146 cm³/mol. The largest absolute Gasteiger partial charge is 0.454 e. The molecule has 2 aliphatic rings. The number of fused-ring (bicyclic) bond motifs is 1. The lowest BCUT2D eigenvalue weighted by Crippen LogP contribution is -2.37. The minimum atomic E-state index is -0.241. The first-order valence-corrected chi connectivity index (χ1v) is 13.5. The molecule has 3 aromatic rings. The molecule has 5 rings (SSSR count). The zero-order valence-electron chi connectivity index (χ0n) is 22.0. The van der Waals surface area contributed by atoms with Gasteiger partial charge in [0, 0.05) is 36.2 Å². The number of ether oxygens (including phenoxy) is 2. The van der Waals surface area contributed by atoms with Gasteiger partial charge in [0.05, 0.1) is 11.3 Å². The molecule has 2 aromatic heterocycles. The number of pyridine rings is 1. The number of nitrogens with zero attached hydrogens (tertiary/aromatic N) is 4. The monoisotopic (exact) mass is 533 g/mol. The number of piperidine rings is 1. The van der Waals surface area contributed by atoms with Crippen molar-refractivity contribution in [2.45, 2.75) is 51.9 Å². The number of aryl methyl sites for hydroxylation is 1. The number of benzene rings is 1. The first-order valence-electron chi connectivity index (χ1n) is 12.7. The number of rotatable bonds is 5. The number of nitrogens with one attached hydrogen (secondary N) is 1. The van der Waals surface area contributed by atoms with Gasteiger partial charge in [0.2, 0.25) is 17.8 Å². The van der Waals surface area contributed by atoms with Crippen LogP contribution in [0.4, 0.5) is 5.13 Å². The molecule has 0 spiro atoms. The molecular formula is C28H31N5O4S. The van der Waals surface area contributed by atoms with Crippen LogP contribution in [0, 0.1) is 6.92 Å². The molecule has 1 fully saturated rings. The summed E-state index contributed by atoms with van der Waals surface area (Å²) >= 11 is 1.38. The molecule has 4 heterocycles. The van der Waals surface area contributed by atoms with Gasteiger partial charge < -0.3 is 14.4 Å². The summed E-state index contributed by atoms with van der Waals surface area (Å²) in [5.74, 6) is 1.20. The molecule has 2 amide bonds. The Hall–Kier alpha value is -3.79. The van der Waals surface area contributed by atoms with Crippen molar-refractivity contribution in [2.24, 2.45) is 0 Å². The van der Waals surface area contributed by atoms with Gasteiger partial charge in [-0.3, -0.25) is 19.9 Å². The molecule has 10 heteroatoms. The molecule has 0 unspecified atom stereocenters. The van der Waals surface area contributed by atoms with Crippen LogP contribution in [0.1, 0.15) is 71.8 Å². The maximum Gasteiger partial charge on any atom is 0.259 e. The van der Waals surface area contributed by atoms with Crippen LogP contribution in [0.2, 0.25) is 0 Å². The first kappa shape index (κ1) is 25.8. The van der Waals surface area contributed by atoms with E-state index in [1.807, 2.05) is 42.2 Å². The summed E-state index contributed by atoms with van der Waals surface area (Å²) in [7, 11) is 0. The Morgan fingerprint density at radius 2 is 1.84 bits per heavy atom. The van der Waals surface area contributed by atoms with E-state index < -0.39 is 0 Å². The second-order valence-electron chi connectivity index (χ2n) is 10.5. The average Bonchev–Trinajstić information content (AvgIpc) is 3.56. The zero-order valence-corrected chi connectivity index (χ0v) is 22.8. The summed E-state index contributed by atoms with van der Waals surface area (Å²) in [6.45, 7) is 9.51.